The molecule has 0 aliphatic rings. The number of sulfonamides is 1. The number of nitrogens with zero attached hydrogens (tertiary/aromatic N) is 3. The standard InChI is InChI=1S/C16H24N6O3S2/c1-11-20-14(9-15(21-11)22(3)4)17-7-8-19-27(24,25)16-6-5-13(26-16)10-18-12(2)23/h5-6,9,19H,7-8,10H2,1-4H3,(H,18,23)(H,17,20,21). The molecule has 1 amide bonds. The van der Waals surface area contributed by atoms with Gasteiger partial charge in [0, 0.05) is 45.1 Å². The fourth-order valence-electron chi connectivity index (χ4n) is 2.13. The largest absolute Gasteiger partial charge is 0.369 e. The first-order valence-corrected chi connectivity index (χ1v) is 10.6. The molecule has 0 fully saturated rings. The van der Waals surface area contributed by atoms with Gasteiger partial charge in [-0.05, 0) is 19.1 Å². The van der Waals surface area contributed by atoms with Gasteiger partial charge in [0.2, 0.25) is 15.9 Å². The van der Waals surface area contributed by atoms with Gasteiger partial charge in [0.05, 0.1) is 6.54 Å². The number of rotatable bonds is 9. The molecule has 0 atom stereocenters. The van der Waals surface area contributed by atoms with Gasteiger partial charge in [-0.2, -0.15) is 0 Å². The lowest BCUT2D eigenvalue weighted by molar-refractivity contribution is -0.119. The summed E-state index contributed by atoms with van der Waals surface area (Å²) in [6.07, 6.45) is 0. The van der Waals surface area contributed by atoms with Gasteiger partial charge in [-0.3, -0.25) is 4.79 Å². The summed E-state index contributed by atoms with van der Waals surface area (Å²) < 4.78 is 27.5. The van der Waals surface area contributed by atoms with Gasteiger partial charge in [-0.1, -0.05) is 0 Å². The Morgan fingerprint density at radius 1 is 1.22 bits per heavy atom. The van der Waals surface area contributed by atoms with Crippen LogP contribution in [0.15, 0.2) is 22.4 Å². The molecule has 0 spiro atoms. The van der Waals surface area contributed by atoms with Crippen LogP contribution in [0.3, 0.4) is 0 Å². The summed E-state index contributed by atoms with van der Waals surface area (Å²) in [5.41, 5.74) is 0. The number of carbonyl (C=O) groups is 1. The van der Waals surface area contributed by atoms with Crippen molar-refractivity contribution in [3.05, 3.63) is 28.9 Å². The first-order valence-electron chi connectivity index (χ1n) is 8.27. The molecule has 0 aliphatic carbocycles. The van der Waals surface area contributed by atoms with Crippen LogP contribution in [0.1, 0.15) is 17.6 Å². The fourth-order valence-corrected chi connectivity index (χ4v) is 4.50. The SMILES string of the molecule is CC(=O)NCc1ccc(S(=O)(=O)NCCNc2cc(N(C)C)nc(C)n2)s1. The summed E-state index contributed by atoms with van der Waals surface area (Å²) in [7, 11) is 0.192. The lowest BCUT2D eigenvalue weighted by Crippen LogP contribution is -2.28. The molecule has 0 saturated carbocycles. The highest BCUT2D eigenvalue weighted by Gasteiger charge is 2.16. The minimum atomic E-state index is -3.59. The lowest BCUT2D eigenvalue weighted by atomic mass is 10.4. The molecule has 0 radical (unpaired) electrons. The van der Waals surface area contributed by atoms with E-state index < -0.39 is 10.0 Å². The summed E-state index contributed by atoms with van der Waals surface area (Å²) in [6, 6.07) is 5.03. The Kier molecular flexibility index (Phi) is 7.11. The zero-order valence-electron chi connectivity index (χ0n) is 15.7. The van der Waals surface area contributed by atoms with Crippen molar-refractivity contribution in [2.45, 2.75) is 24.6 Å². The van der Waals surface area contributed by atoms with Gasteiger partial charge in [0.15, 0.2) is 0 Å². The van der Waals surface area contributed by atoms with Gasteiger partial charge in [-0.25, -0.2) is 23.1 Å². The minimum Gasteiger partial charge on any atom is -0.369 e. The minimum absolute atomic E-state index is 0.158. The number of aryl methyl sites for hydroxylation is 1. The van der Waals surface area contributed by atoms with Gasteiger partial charge >= 0.3 is 0 Å². The normalized spacial score (nSPS) is 11.3. The summed E-state index contributed by atoms with van der Waals surface area (Å²) >= 11 is 1.13. The first-order chi connectivity index (χ1) is 12.7. The van der Waals surface area contributed by atoms with E-state index in [1.807, 2.05) is 19.0 Å². The van der Waals surface area contributed by atoms with Crippen molar-refractivity contribution < 1.29 is 13.2 Å². The molecule has 0 saturated heterocycles. The predicted molar refractivity (Wildman–Crippen MR) is 107 cm³/mol. The molecule has 2 aromatic rings. The van der Waals surface area contributed by atoms with E-state index in [1.165, 1.54) is 13.0 Å². The van der Waals surface area contributed by atoms with Crippen molar-refractivity contribution in [2.24, 2.45) is 0 Å². The number of aromatic nitrogens is 2. The topological polar surface area (TPSA) is 116 Å². The smallest absolute Gasteiger partial charge is 0.250 e. The maximum absolute atomic E-state index is 12.3. The van der Waals surface area contributed by atoms with Crippen molar-refractivity contribution in [1.29, 1.82) is 0 Å². The van der Waals surface area contributed by atoms with Crippen LogP contribution in [0.4, 0.5) is 11.6 Å². The van der Waals surface area contributed by atoms with Crippen LogP contribution in [-0.2, 0) is 21.4 Å². The molecule has 0 aliphatic heterocycles. The van der Waals surface area contributed by atoms with E-state index in [0.717, 1.165) is 22.0 Å². The molecule has 3 N–H and O–H groups in total. The van der Waals surface area contributed by atoms with E-state index in [1.54, 1.807) is 19.1 Å². The third kappa shape index (κ3) is 6.45. The molecule has 2 rings (SSSR count). The number of nitrogens with one attached hydrogen (secondary N) is 3. The van der Waals surface area contributed by atoms with Crippen LogP contribution in [-0.4, -0.2) is 51.5 Å². The molecule has 2 heterocycles. The van der Waals surface area contributed by atoms with E-state index in [4.69, 9.17) is 0 Å². The Bertz CT molecular complexity index is 895. The zero-order chi connectivity index (χ0) is 20.0. The number of hydrogen-bond acceptors (Lipinski definition) is 8. The zero-order valence-corrected chi connectivity index (χ0v) is 17.4. The van der Waals surface area contributed by atoms with Crippen molar-refractivity contribution in [1.82, 2.24) is 20.0 Å². The molecular formula is C16H24N6O3S2. The van der Waals surface area contributed by atoms with Gasteiger partial charge in [0.1, 0.15) is 21.7 Å². The summed E-state index contributed by atoms with van der Waals surface area (Å²) in [4.78, 5) is 22.2. The number of amides is 1. The number of carbonyl (C=O) groups excluding carboxylic acids is 1. The van der Waals surface area contributed by atoms with Crippen LogP contribution in [0.2, 0.25) is 0 Å². The molecular weight excluding hydrogens is 388 g/mol. The lowest BCUT2D eigenvalue weighted by Gasteiger charge is -2.14. The second-order valence-electron chi connectivity index (χ2n) is 6.01. The maximum Gasteiger partial charge on any atom is 0.250 e. The number of anilines is 2. The van der Waals surface area contributed by atoms with E-state index in [9.17, 15) is 13.2 Å². The van der Waals surface area contributed by atoms with Crippen LogP contribution < -0.4 is 20.3 Å². The van der Waals surface area contributed by atoms with Crippen molar-refractivity contribution in [2.75, 3.05) is 37.4 Å². The molecule has 27 heavy (non-hydrogen) atoms. The summed E-state index contributed by atoms with van der Waals surface area (Å²) in [5, 5.41) is 5.74. The third-order valence-corrected chi connectivity index (χ3v) is 6.46. The second kappa shape index (κ2) is 9.11. The van der Waals surface area contributed by atoms with Crippen molar-refractivity contribution in [3.63, 3.8) is 0 Å². The number of hydrogen-bond donors (Lipinski definition) is 3. The Morgan fingerprint density at radius 3 is 2.63 bits per heavy atom. The summed E-state index contributed by atoms with van der Waals surface area (Å²) in [5.74, 6) is 1.89. The quantitative estimate of drug-likeness (QED) is 0.525. The van der Waals surface area contributed by atoms with Crippen LogP contribution in [0.5, 0.6) is 0 Å². The van der Waals surface area contributed by atoms with E-state index in [-0.39, 0.29) is 16.7 Å². The maximum atomic E-state index is 12.3. The van der Waals surface area contributed by atoms with E-state index in [2.05, 4.69) is 25.3 Å². The summed E-state index contributed by atoms with van der Waals surface area (Å²) in [6.45, 7) is 4.13. The number of thiophene rings is 1. The third-order valence-electron chi connectivity index (χ3n) is 3.42. The molecule has 0 bridgehead atoms. The fraction of sp³-hybridized carbons (Fsp3) is 0.438. The second-order valence-corrected chi connectivity index (χ2v) is 9.17. The molecule has 148 valence electrons. The Morgan fingerprint density at radius 2 is 1.96 bits per heavy atom. The van der Waals surface area contributed by atoms with Crippen LogP contribution >= 0.6 is 11.3 Å². The average Bonchev–Trinajstić information content (AvgIpc) is 3.06. The Labute approximate surface area is 163 Å². The van der Waals surface area contributed by atoms with Gasteiger partial charge in [-0.15, -0.1) is 11.3 Å². The van der Waals surface area contributed by atoms with Crippen LogP contribution in [0, 0.1) is 6.92 Å². The van der Waals surface area contributed by atoms with Crippen LogP contribution in [0.25, 0.3) is 0 Å². The van der Waals surface area contributed by atoms with E-state index in [0.29, 0.717) is 24.7 Å². The highest BCUT2D eigenvalue weighted by Crippen LogP contribution is 2.21. The predicted octanol–water partition coefficient (Wildman–Crippen LogP) is 0.939. The van der Waals surface area contributed by atoms with Gasteiger partial charge in [0.25, 0.3) is 0 Å². The molecule has 0 unspecified atom stereocenters. The molecule has 2 aromatic heterocycles. The average molecular weight is 413 g/mol. The monoisotopic (exact) mass is 412 g/mol. The van der Waals surface area contributed by atoms with Gasteiger partial charge < -0.3 is 15.5 Å². The van der Waals surface area contributed by atoms with Crippen molar-refractivity contribution >= 4 is 38.9 Å². The van der Waals surface area contributed by atoms with E-state index >= 15 is 0 Å². The highest BCUT2D eigenvalue weighted by atomic mass is 32.2. The Hall–Kier alpha value is -2.24. The molecule has 0 aromatic carbocycles. The highest BCUT2D eigenvalue weighted by molar-refractivity contribution is 7.91. The Balaban J connectivity index is 1.88. The van der Waals surface area contributed by atoms with Crippen molar-refractivity contribution in [3.8, 4) is 0 Å². The first kappa shape index (κ1) is 21.1. The molecule has 11 heteroatoms. The molecule has 9 nitrogen and oxygen atoms in total.